The maximum Gasteiger partial charge on any atom is 0.306 e. The Morgan fingerprint density at radius 2 is 2.12 bits per heavy atom. The fourth-order valence-corrected chi connectivity index (χ4v) is 1.07. The van der Waals surface area contributed by atoms with Crippen molar-refractivity contribution in [1.29, 1.82) is 0 Å². The van der Waals surface area contributed by atoms with E-state index in [0.29, 0.717) is 0 Å². The molecule has 0 amide bonds. The SMILES string of the molecule is C=CC=CCCC(C)OC(=O)CCC(=O)O. The number of carboxylic acid groups (broad SMARTS) is 1. The van der Waals surface area contributed by atoms with Gasteiger partial charge in [-0.3, -0.25) is 9.59 Å². The van der Waals surface area contributed by atoms with E-state index < -0.39 is 11.9 Å². The molecule has 0 aromatic carbocycles. The number of carbonyl (C=O) groups is 2. The van der Waals surface area contributed by atoms with Crippen molar-refractivity contribution < 1.29 is 19.4 Å². The van der Waals surface area contributed by atoms with Gasteiger partial charge in [0.2, 0.25) is 0 Å². The second-order valence-electron chi connectivity index (χ2n) is 3.44. The van der Waals surface area contributed by atoms with Gasteiger partial charge in [-0.15, -0.1) is 0 Å². The second-order valence-corrected chi connectivity index (χ2v) is 3.44. The van der Waals surface area contributed by atoms with Crippen LogP contribution >= 0.6 is 0 Å². The zero-order valence-corrected chi connectivity index (χ0v) is 9.52. The first-order valence-electron chi connectivity index (χ1n) is 5.25. The summed E-state index contributed by atoms with van der Waals surface area (Å²) in [6, 6.07) is 0. The van der Waals surface area contributed by atoms with Crippen LogP contribution in [0.4, 0.5) is 0 Å². The highest BCUT2D eigenvalue weighted by atomic mass is 16.5. The van der Waals surface area contributed by atoms with Gasteiger partial charge in [-0.2, -0.15) is 0 Å². The van der Waals surface area contributed by atoms with E-state index in [9.17, 15) is 9.59 Å². The predicted molar refractivity (Wildman–Crippen MR) is 61.0 cm³/mol. The molecule has 0 saturated carbocycles. The van der Waals surface area contributed by atoms with Gasteiger partial charge in [0, 0.05) is 0 Å². The number of carboxylic acids is 1. The monoisotopic (exact) mass is 226 g/mol. The number of hydrogen-bond acceptors (Lipinski definition) is 3. The molecular weight excluding hydrogens is 208 g/mol. The minimum Gasteiger partial charge on any atom is -0.481 e. The molecule has 1 N–H and O–H groups in total. The van der Waals surface area contributed by atoms with Crippen LogP contribution in [0, 0.1) is 0 Å². The van der Waals surface area contributed by atoms with Gasteiger partial charge in [-0.1, -0.05) is 24.8 Å². The van der Waals surface area contributed by atoms with Gasteiger partial charge < -0.3 is 9.84 Å². The Balaban J connectivity index is 3.65. The molecule has 0 aromatic heterocycles. The average molecular weight is 226 g/mol. The Labute approximate surface area is 95.6 Å². The lowest BCUT2D eigenvalue weighted by Crippen LogP contribution is -2.15. The molecule has 0 fully saturated rings. The number of rotatable bonds is 8. The zero-order valence-electron chi connectivity index (χ0n) is 9.52. The molecule has 0 aromatic rings. The summed E-state index contributed by atoms with van der Waals surface area (Å²) in [7, 11) is 0. The van der Waals surface area contributed by atoms with Crippen LogP contribution in [0.5, 0.6) is 0 Å². The van der Waals surface area contributed by atoms with Gasteiger partial charge in [-0.05, 0) is 19.8 Å². The Kier molecular flexibility index (Phi) is 7.85. The third-order valence-electron chi connectivity index (χ3n) is 1.89. The molecule has 0 saturated heterocycles. The molecular formula is C12H18O4. The zero-order chi connectivity index (χ0) is 12.4. The summed E-state index contributed by atoms with van der Waals surface area (Å²) in [5, 5.41) is 8.37. The first-order valence-corrected chi connectivity index (χ1v) is 5.25. The Bertz CT molecular complexity index is 268. The molecule has 90 valence electrons. The summed E-state index contributed by atoms with van der Waals surface area (Å²) in [4.78, 5) is 21.3. The fraction of sp³-hybridized carbons (Fsp3) is 0.500. The van der Waals surface area contributed by atoms with Crippen LogP contribution in [0.1, 0.15) is 32.6 Å². The normalized spacial score (nSPS) is 12.3. The number of aliphatic carboxylic acids is 1. The summed E-state index contributed by atoms with van der Waals surface area (Å²) >= 11 is 0. The Morgan fingerprint density at radius 1 is 1.44 bits per heavy atom. The summed E-state index contributed by atoms with van der Waals surface area (Å²) in [5.41, 5.74) is 0. The van der Waals surface area contributed by atoms with Crippen molar-refractivity contribution in [2.45, 2.75) is 38.7 Å². The molecule has 0 heterocycles. The maximum absolute atomic E-state index is 11.1. The molecule has 4 heteroatoms. The van der Waals surface area contributed by atoms with Crippen molar-refractivity contribution in [3.05, 3.63) is 24.8 Å². The van der Waals surface area contributed by atoms with Crippen LogP contribution in [-0.4, -0.2) is 23.1 Å². The van der Waals surface area contributed by atoms with Gasteiger partial charge in [0.15, 0.2) is 0 Å². The van der Waals surface area contributed by atoms with E-state index in [1.54, 1.807) is 13.0 Å². The van der Waals surface area contributed by atoms with Gasteiger partial charge in [0.05, 0.1) is 18.9 Å². The van der Waals surface area contributed by atoms with Crippen molar-refractivity contribution in [3.8, 4) is 0 Å². The first kappa shape index (κ1) is 14.4. The van der Waals surface area contributed by atoms with Gasteiger partial charge in [0.1, 0.15) is 0 Å². The van der Waals surface area contributed by atoms with Crippen molar-refractivity contribution in [1.82, 2.24) is 0 Å². The predicted octanol–water partition coefficient (Wildman–Crippen LogP) is 2.31. The molecule has 0 aliphatic rings. The van der Waals surface area contributed by atoms with Crippen molar-refractivity contribution in [3.63, 3.8) is 0 Å². The van der Waals surface area contributed by atoms with Crippen molar-refractivity contribution >= 4 is 11.9 Å². The molecule has 0 spiro atoms. The van der Waals surface area contributed by atoms with Crippen LogP contribution in [0.25, 0.3) is 0 Å². The number of allylic oxidation sites excluding steroid dienone is 3. The van der Waals surface area contributed by atoms with Crippen molar-refractivity contribution in [2.24, 2.45) is 0 Å². The van der Waals surface area contributed by atoms with E-state index in [2.05, 4.69) is 6.58 Å². The summed E-state index contributed by atoms with van der Waals surface area (Å²) in [5.74, 6) is -1.44. The second kappa shape index (κ2) is 8.71. The molecule has 0 aliphatic carbocycles. The van der Waals surface area contributed by atoms with E-state index in [4.69, 9.17) is 9.84 Å². The molecule has 16 heavy (non-hydrogen) atoms. The average Bonchev–Trinajstić information content (AvgIpc) is 2.21. The maximum atomic E-state index is 11.1. The highest BCUT2D eigenvalue weighted by Gasteiger charge is 2.10. The molecule has 0 bridgehead atoms. The quantitative estimate of drug-likeness (QED) is 0.509. The smallest absolute Gasteiger partial charge is 0.306 e. The highest BCUT2D eigenvalue weighted by molar-refractivity contribution is 5.76. The fourth-order valence-electron chi connectivity index (χ4n) is 1.07. The summed E-state index contributed by atoms with van der Waals surface area (Å²) < 4.78 is 5.02. The third-order valence-corrected chi connectivity index (χ3v) is 1.89. The molecule has 0 rings (SSSR count). The number of ether oxygens (including phenoxy) is 1. The number of hydrogen-bond donors (Lipinski definition) is 1. The molecule has 0 aliphatic heterocycles. The van der Waals surface area contributed by atoms with Crippen LogP contribution in [0.2, 0.25) is 0 Å². The van der Waals surface area contributed by atoms with Gasteiger partial charge in [0.25, 0.3) is 0 Å². The third kappa shape index (κ3) is 8.99. The summed E-state index contributed by atoms with van der Waals surface area (Å²) in [6.07, 6.45) is 6.56. The molecule has 1 unspecified atom stereocenters. The van der Waals surface area contributed by atoms with E-state index in [1.807, 2.05) is 12.2 Å². The Morgan fingerprint density at radius 3 is 2.69 bits per heavy atom. The highest BCUT2D eigenvalue weighted by Crippen LogP contribution is 2.05. The van der Waals surface area contributed by atoms with Crippen LogP contribution < -0.4 is 0 Å². The molecule has 4 nitrogen and oxygen atoms in total. The standard InChI is InChI=1S/C12H18O4/c1-3-4-5-6-7-10(2)16-12(15)9-8-11(13)14/h3-5,10H,1,6-9H2,2H3,(H,13,14). The van der Waals surface area contributed by atoms with E-state index >= 15 is 0 Å². The largest absolute Gasteiger partial charge is 0.481 e. The number of carbonyl (C=O) groups excluding carboxylic acids is 1. The lowest BCUT2D eigenvalue weighted by atomic mass is 10.2. The first-order chi connectivity index (χ1) is 7.56. The van der Waals surface area contributed by atoms with Gasteiger partial charge in [-0.25, -0.2) is 0 Å². The topological polar surface area (TPSA) is 63.6 Å². The minimum absolute atomic E-state index is 0.0673. The summed E-state index contributed by atoms with van der Waals surface area (Å²) in [6.45, 7) is 5.33. The molecule has 1 atom stereocenters. The van der Waals surface area contributed by atoms with E-state index in [0.717, 1.165) is 12.8 Å². The minimum atomic E-state index is -0.987. The van der Waals surface area contributed by atoms with E-state index in [1.165, 1.54) is 0 Å². The Hall–Kier alpha value is -1.58. The lowest BCUT2D eigenvalue weighted by molar-refractivity contribution is -0.151. The lowest BCUT2D eigenvalue weighted by Gasteiger charge is -2.11. The van der Waals surface area contributed by atoms with Crippen LogP contribution in [0.15, 0.2) is 24.8 Å². The van der Waals surface area contributed by atoms with Crippen LogP contribution in [0.3, 0.4) is 0 Å². The van der Waals surface area contributed by atoms with Crippen molar-refractivity contribution in [2.75, 3.05) is 0 Å². The molecule has 0 radical (unpaired) electrons. The van der Waals surface area contributed by atoms with E-state index in [-0.39, 0.29) is 18.9 Å². The number of esters is 1. The van der Waals surface area contributed by atoms with Crippen LogP contribution in [-0.2, 0) is 14.3 Å². The van der Waals surface area contributed by atoms with Gasteiger partial charge >= 0.3 is 11.9 Å².